The molecule has 154 valence electrons. The van der Waals surface area contributed by atoms with Crippen LogP contribution < -0.4 is 4.74 Å². The molecule has 2 aromatic carbocycles. The Balaban J connectivity index is 1.34. The number of hydrogen-bond acceptors (Lipinski definition) is 5. The Kier molecular flexibility index (Phi) is 4.35. The van der Waals surface area contributed by atoms with Gasteiger partial charge in [-0.05, 0) is 41.5 Å². The maximum atomic E-state index is 5.95. The average Bonchev–Trinajstić information content (AvgIpc) is 3.47. The van der Waals surface area contributed by atoms with Gasteiger partial charge in [0, 0.05) is 23.3 Å². The lowest BCUT2D eigenvalue weighted by molar-refractivity contribution is 0.305. The van der Waals surface area contributed by atoms with Crippen molar-refractivity contribution in [2.24, 2.45) is 0 Å². The summed E-state index contributed by atoms with van der Waals surface area (Å²) in [5.41, 5.74) is 6.33. The molecule has 0 aliphatic carbocycles. The highest BCUT2D eigenvalue weighted by molar-refractivity contribution is 5.95. The molecule has 0 fully saturated rings. The number of rotatable bonds is 5. The molecule has 7 nitrogen and oxygen atoms in total. The number of fused-ring (bicyclic) bond motifs is 2. The van der Waals surface area contributed by atoms with Crippen molar-refractivity contribution < 1.29 is 4.74 Å². The molecule has 0 saturated carbocycles. The third-order valence-corrected chi connectivity index (χ3v) is 5.34. The van der Waals surface area contributed by atoms with Crippen molar-refractivity contribution in [3.63, 3.8) is 0 Å². The van der Waals surface area contributed by atoms with Crippen LogP contribution in [0.5, 0.6) is 5.75 Å². The molecule has 0 atom stereocenters. The van der Waals surface area contributed by atoms with Crippen LogP contribution in [0.25, 0.3) is 44.7 Å². The first kappa shape index (κ1) is 18.3. The Morgan fingerprint density at radius 2 is 1.81 bits per heavy atom. The van der Waals surface area contributed by atoms with E-state index >= 15 is 0 Å². The van der Waals surface area contributed by atoms with Crippen LogP contribution >= 0.6 is 0 Å². The standard InChI is InChI=1S/C25H18N6O/c1-2-5-16(6-3-1)15-32-19-11-18(13-26-14-19)17-8-9-21-20(12-17)23(31-30-21)25-28-22-7-4-10-27-24(22)29-25/h1-14H,15H2,(H,30,31)(H,27,28,29). The lowest BCUT2D eigenvalue weighted by Gasteiger charge is -2.08. The molecule has 0 bridgehead atoms. The number of aromatic amines is 2. The van der Waals surface area contributed by atoms with E-state index in [1.54, 1.807) is 12.4 Å². The lowest BCUT2D eigenvalue weighted by atomic mass is 10.0. The van der Waals surface area contributed by atoms with Crippen LogP contribution in [-0.2, 0) is 6.61 Å². The van der Waals surface area contributed by atoms with Crippen LogP contribution in [0.4, 0.5) is 0 Å². The SMILES string of the molecule is c1ccc(COc2cncc(-c3ccc4[nH]nc(-c5nc6cccnc6[nH]5)c4c3)c2)cc1. The molecule has 0 amide bonds. The van der Waals surface area contributed by atoms with E-state index in [1.807, 2.05) is 66.9 Å². The number of nitrogens with one attached hydrogen (secondary N) is 2. The Labute approximate surface area is 183 Å². The molecule has 6 rings (SSSR count). The molecule has 0 unspecified atom stereocenters. The molecule has 0 saturated heterocycles. The van der Waals surface area contributed by atoms with Crippen LogP contribution in [0, 0.1) is 0 Å². The van der Waals surface area contributed by atoms with E-state index in [4.69, 9.17) is 4.74 Å². The van der Waals surface area contributed by atoms with Gasteiger partial charge in [-0.2, -0.15) is 5.10 Å². The zero-order valence-electron chi connectivity index (χ0n) is 17.0. The first-order valence-electron chi connectivity index (χ1n) is 10.2. The number of aromatic nitrogens is 6. The van der Waals surface area contributed by atoms with Gasteiger partial charge < -0.3 is 9.72 Å². The maximum Gasteiger partial charge on any atom is 0.160 e. The number of hydrogen-bond donors (Lipinski definition) is 2. The van der Waals surface area contributed by atoms with E-state index in [0.29, 0.717) is 12.4 Å². The van der Waals surface area contributed by atoms with Crippen LogP contribution in [0.15, 0.2) is 85.3 Å². The van der Waals surface area contributed by atoms with Crippen LogP contribution in [0.2, 0.25) is 0 Å². The van der Waals surface area contributed by atoms with Gasteiger partial charge in [0.25, 0.3) is 0 Å². The molecule has 2 N–H and O–H groups in total. The first-order chi connectivity index (χ1) is 15.8. The summed E-state index contributed by atoms with van der Waals surface area (Å²) in [5.74, 6) is 1.40. The topological polar surface area (TPSA) is 92.4 Å². The van der Waals surface area contributed by atoms with Crippen molar-refractivity contribution >= 4 is 22.1 Å². The summed E-state index contributed by atoms with van der Waals surface area (Å²) in [6.07, 6.45) is 5.31. The van der Waals surface area contributed by atoms with Crippen molar-refractivity contribution in [3.05, 3.63) is 90.9 Å². The fourth-order valence-electron chi connectivity index (χ4n) is 3.73. The normalized spacial score (nSPS) is 11.2. The van der Waals surface area contributed by atoms with Gasteiger partial charge in [0.1, 0.15) is 23.6 Å². The molecule has 0 radical (unpaired) electrons. The minimum Gasteiger partial charge on any atom is -0.487 e. The van der Waals surface area contributed by atoms with Crippen LogP contribution in [0.3, 0.4) is 0 Å². The second kappa shape index (κ2) is 7.63. The molecule has 6 aromatic rings. The second-order valence-electron chi connectivity index (χ2n) is 7.47. The summed E-state index contributed by atoms with van der Waals surface area (Å²) in [5, 5.41) is 8.55. The number of pyridine rings is 2. The van der Waals surface area contributed by atoms with Crippen LogP contribution in [-0.4, -0.2) is 30.1 Å². The summed E-state index contributed by atoms with van der Waals surface area (Å²) in [6.45, 7) is 0.497. The first-order valence-corrected chi connectivity index (χ1v) is 10.2. The lowest BCUT2D eigenvalue weighted by Crippen LogP contribution is -1.95. The molecule has 0 aliphatic heterocycles. The highest BCUT2D eigenvalue weighted by Crippen LogP contribution is 2.31. The van der Waals surface area contributed by atoms with Gasteiger partial charge in [0.15, 0.2) is 11.5 Å². The Morgan fingerprint density at radius 3 is 2.72 bits per heavy atom. The van der Waals surface area contributed by atoms with Gasteiger partial charge in [-0.1, -0.05) is 36.4 Å². The molecule has 4 aromatic heterocycles. The fraction of sp³-hybridized carbons (Fsp3) is 0.0400. The van der Waals surface area contributed by atoms with E-state index in [1.165, 1.54) is 0 Å². The quantitative estimate of drug-likeness (QED) is 0.404. The molecule has 32 heavy (non-hydrogen) atoms. The Hall–Kier alpha value is -4.52. The Morgan fingerprint density at radius 1 is 0.875 bits per heavy atom. The molecule has 7 heteroatoms. The second-order valence-corrected chi connectivity index (χ2v) is 7.47. The van der Waals surface area contributed by atoms with Crippen molar-refractivity contribution in [3.8, 4) is 28.4 Å². The summed E-state index contributed by atoms with van der Waals surface area (Å²) in [6, 6.07) is 22.0. The Bertz CT molecular complexity index is 1500. The largest absolute Gasteiger partial charge is 0.487 e. The van der Waals surface area contributed by atoms with E-state index in [0.717, 1.165) is 50.2 Å². The summed E-state index contributed by atoms with van der Waals surface area (Å²) in [4.78, 5) is 16.6. The van der Waals surface area contributed by atoms with Crippen molar-refractivity contribution in [1.29, 1.82) is 0 Å². The van der Waals surface area contributed by atoms with E-state index < -0.39 is 0 Å². The number of benzene rings is 2. The zero-order valence-corrected chi connectivity index (χ0v) is 17.0. The molecule has 0 aliphatic rings. The van der Waals surface area contributed by atoms with Gasteiger partial charge >= 0.3 is 0 Å². The third kappa shape index (κ3) is 3.35. The van der Waals surface area contributed by atoms with E-state index in [9.17, 15) is 0 Å². The minimum atomic E-state index is 0.497. The average molecular weight is 418 g/mol. The van der Waals surface area contributed by atoms with Gasteiger partial charge in [0.05, 0.1) is 11.7 Å². The predicted octanol–water partition coefficient (Wildman–Crippen LogP) is 5.14. The smallest absolute Gasteiger partial charge is 0.160 e. The summed E-state index contributed by atoms with van der Waals surface area (Å²) in [7, 11) is 0. The van der Waals surface area contributed by atoms with Gasteiger partial charge in [0.2, 0.25) is 0 Å². The van der Waals surface area contributed by atoms with Crippen molar-refractivity contribution in [2.45, 2.75) is 6.61 Å². The highest BCUT2D eigenvalue weighted by atomic mass is 16.5. The predicted molar refractivity (Wildman–Crippen MR) is 123 cm³/mol. The molecular formula is C25H18N6O. The van der Waals surface area contributed by atoms with Crippen molar-refractivity contribution in [2.75, 3.05) is 0 Å². The zero-order chi connectivity index (χ0) is 21.3. The fourth-order valence-corrected chi connectivity index (χ4v) is 3.73. The third-order valence-electron chi connectivity index (χ3n) is 5.34. The number of H-pyrrole nitrogens is 2. The van der Waals surface area contributed by atoms with Crippen molar-refractivity contribution in [1.82, 2.24) is 30.1 Å². The van der Waals surface area contributed by atoms with Crippen LogP contribution in [0.1, 0.15) is 5.56 Å². The highest BCUT2D eigenvalue weighted by Gasteiger charge is 2.14. The number of imidazole rings is 1. The van der Waals surface area contributed by atoms with Gasteiger partial charge in [-0.3, -0.25) is 10.1 Å². The molecular weight excluding hydrogens is 400 g/mol. The van der Waals surface area contributed by atoms with Gasteiger partial charge in [-0.15, -0.1) is 0 Å². The minimum absolute atomic E-state index is 0.497. The number of nitrogens with zero attached hydrogens (tertiary/aromatic N) is 4. The maximum absolute atomic E-state index is 5.95. The molecule has 0 spiro atoms. The number of ether oxygens (including phenoxy) is 1. The summed E-state index contributed by atoms with van der Waals surface area (Å²) < 4.78 is 5.95. The summed E-state index contributed by atoms with van der Waals surface area (Å²) >= 11 is 0. The molecule has 4 heterocycles. The van der Waals surface area contributed by atoms with Gasteiger partial charge in [-0.25, -0.2) is 9.97 Å². The van der Waals surface area contributed by atoms with E-state index in [-0.39, 0.29) is 0 Å². The monoisotopic (exact) mass is 418 g/mol. The van der Waals surface area contributed by atoms with E-state index in [2.05, 4.69) is 36.2 Å².